The van der Waals surface area contributed by atoms with E-state index < -0.39 is 22.6 Å². The zero-order valence-corrected chi connectivity index (χ0v) is 17.1. The number of nitrogens with zero attached hydrogens (tertiary/aromatic N) is 3. The smallest absolute Gasteiger partial charge is 0.276 e. The van der Waals surface area contributed by atoms with E-state index in [9.17, 15) is 24.1 Å². The molecule has 0 aliphatic heterocycles. The number of nitrogens with one attached hydrogen (secondary N) is 2. The fraction of sp³-hybridized carbons (Fsp3) is 0.0455. The number of hydrogen-bond acceptors (Lipinski definition) is 6. The second-order valence-corrected chi connectivity index (χ2v) is 6.91. The molecule has 2 heterocycles. The summed E-state index contributed by atoms with van der Waals surface area (Å²) in [4.78, 5) is 35.2. The number of non-ortho nitro benzene ring substituents is 1. The van der Waals surface area contributed by atoms with Crippen LogP contribution in [0.2, 0.25) is 0 Å². The van der Waals surface area contributed by atoms with Gasteiger partial charge in [0, 0.05) is 24.0 Å². The van der Waals surface area contributed by atoms with Crippen LogP contribution in [0.25, 0.3) is 5.69 Å². The Labute approximate surface area is 185 Å². The van der Waals surface area contributed by atoms with Crippen molar-refractivity contribution >= 4 is 28.9 Å². The van der Waals surface area contributed by atoms with E-state index >= 15 is 0 Å². The van der Waals surface area contributed by atoms with Gasteiger partial charge in [-0.1, -0.05) is 0 Å². The van der Waals surface area contributed by atoms with Gasteiger partial charge in [0.25, 0.3) is 17.5 Å². The first kappa shape index (κ1) is 21.4. The summed E-state index contributed by atoms with van der Waals surface area (Å²) >= 11 is 0. The number of aryl methyl sites for hydroxylation is 1. The molecule has 0 fully saturated rings. The first-order valence-corrected chi connectivity index (χ1v) is 9.58. The summed E-state index contributed by atoms with van der Waals surface area (Å²) in [6.45, 7) is 1.61. The van der Waals surface area contributed by atoms with Gasteiger partial charge in [-0.15, -0.1) is 0 Å². The van der Waals surface area contributed by atoms with Crippen molar-refractivity contribution in [1.29, 1.82) is 0 Å². The molecule has 2 aromatic heterocycles. The molecule has 2 aromatic carbocycles. The molecular formula is C22H16FN5O5. The third-order valence-corrected chi connectivity index (χ3v) is 4.72. The Hall–Kier alpha value is -4.80. The summed E-state index contributed by atoms with van der Waals surface area (Å²) in [5, 5.41) is 20.0. The van der Waals surface area contributed by atoms with Crippen molar-refractivity contribution in [2.24, 2.45) is 0 Å². The lowest BCUT2D eigenvalue weighted by molar-refractivity contribution is -0.384. The van der Waals surface area contributed by atoms with Crippen LogP contribution in [0.5, 0.6) is 0 Å². The predicted octanol–water partition coefficient (Wildman–Crippen LogP) is 4.33. The molecule has 2 amide bonds. The molecule has 0 radical (unpaired) electrons. The SMILES string of the molecule is Cc1occc1C(=O)Nc1cc(NC(=O)c2ccn(-c3ccc([N+](=O)[O-])cc3)n2)ccc1F. The average molecular weight is 449 g/mol. The maximum absolute atomic E-state index is 14.2. The minimum Gasteiger partial charge on any atom is -0.469 e. The Morgan fingerprint density at radius 3 is 2.48 bits per heavy atom. The van der Waals surface area contributed by atoms with Crippen LogP contribution in [-0.4, -0.2) is 26.5 Å². The van der Waals surface area contributed by atoms with Crippen LogP contribution in [-0.2, 0) is 0 Å². The number of carbonyl (C=O) groups is 2. The molecule has 2 N–H and O–H groups in total. The lowest BCUT2D eigenvalue weighted by Crippen LogP contribution is -2.15. The van der Waals surface area contributed by atoms with Gasteiger partial charge in [-0.3, -0.25) is 19.7 Å². The average Bonchev–Trinajstić information content (AvgIpc) is 3.45. The number of halogens is 1. The fourth-order valence-corrected chi connectivity index (χ4v) is 3.02. The Bertz CT molecular complexity index is 1360. The van der Waals surface area contributed by atoms with Crippen LogP contribution in [0.15, 0.2) is 71.5 Å². The molecule has 0 atom stereocenters. The van der Waals surface area contributed by atoms with Gasteiger partial charge >= 0.3 is 0 Å². The van der Waals surface area contributed by atoms with Crippen LogP contribution in [0.4, 0.5) is 21.5 Å². The predicted molar refractivity (Wildman–Crippen MR) is 116 cm³/mol. The van der Waals surface area contributed by atoms with Crippen molar-refractivity contribution in [3.8, 4) is 5.69 Å². The molecule has 0 unspecified atom stereocenters. The van der Waals surface area contributed by atoms with E-state index in [1.54, 1.807) is 6.92 Å². The highest BCUT2D eigenvalue weighted by Crippen LogP contribution is 2.22. The molecule has 0 bridgehead atoms. The summed E-state index contributed by atoms with van der Waals surface area (Å²) in [5.74, 6) is -1.40. The molecule has 0 spiro atoms. The van der Waals surface area contributed by atoms with E-state index in [0.717, 1.165) is 6.07 Å². The van der Waals surface area contributed by atoms with Crippen molar-refractivity contribution in [2.45, 2.75) is 6.92 Å². The first-order chi connectivity index (χ1) is 15.8. The molecule has 33 heavy (non-hydrogen) atoms. The monoisotopic (exact) mass is 449 g/mol. The van der Waals surface area contributed by atoms with Gasteiger partial charge in [-0.2, -0.15) is 5.10 Å². The van der Waals surface area contributed by atoms with E-state index in [4.69, 9.17) is 4.42 Å². The Morgan fingerprint density at radius 1 is 1.06 bits per heavy atom. The number of carbonyl (C=O) groups excluding carboxylic acids is 2. The van der Waals surface area contributed by atoms with Crippen molar-refractivity contribution in [3.63, 3.8) is 0 Å². The maximum atomic E-state index is 14.2. The molecule has 0 aliphatic rings. The summed E-state index contributed by atoms with van der Waals surface area (Å²) in [5.41, 5.74) is 0.921. The van der Waals surface area contributed by atoms with Crippen molar-refractivity contribution in [2.75, 3.05) is 10.6 Å². The third-order valence-electron chi connectivity index (χ3n) is 4.72. The quantitative estimate of drug-likeness (QED) is 0.333. The standard InChI is InChI=1S/C22H16FN5O5/c1-13-17(9-11-33-13)21(29)25-20-12-14(2-7-18(20)23)24-22(30)19-8-10-27(26-19)15-3-5-16(6-4-15)28(31)32/h2-12H,1H3,(H,24,30)(H,25,29). The lowest BCUT2D eigenvalue weighted by atomic mass is 10.2. The largest absolute Gasteiger partial charge is 0.469 e. The van der Waals surface area contributed by atoms with Gasteiger partial charge in [-0.25, -0.2) is 9.07 Å². The van der Waals surface area contributed by atoms with Crippen LogP contribution in [0.1, 0.15) is 26.6 Å². The number of furan rings is 1. The molecule has 4 rings (SSSR count). The highest BCUT2D eigenvalue weighted by molar-refractivity contribution is 6.06. The number of nitro benzene ring substituents is 1. The van der Waals surface area contributed by atoms with Gasteiger partial charge in [0.1, 0.15) is 11.6 Å². The summed E-state index contributed by atoms with van der Waals surface area (Å²) in [7, 11) is 0. The second kappa shape index (κ2) is 8.75. The number of hydrogen-bond donors (Lipinski definition) is 2. The molecule has 0 aliphatic carbocycles. The van der Waals surface area contributed by atoms with Gasteiger partial charge in [0.2, 0.25) is 0 Å². The Balaban J connectivity index is 1.47. The maximum Gasteiger partial charge on any atom is 0.276 e. The molecule has 10 nitrogen and oxygen atoms in total. The summed E-state index contributed by atoms with van der Waals surface area (Å²) < 4.78 is 20.7. The number of anilines is 2. The van der Waals surface area contributed by atoms with E-state index in [2.05, 4.69) is 15.7 Å². The molecule has 4 aromatic rings. The van der Waals surface area contributed by atoms with Crippen LogP contribution in [0.3, 0.4) is 0 Å². The molecular weight excluding hydrogens is 433 g/mol. The minimum absolute atomic E-state index is 0.0639. The van der Waals surface area contributed by atoms with E-state index in [-0.39, 0.29) is 28.3 Å². The van der Waals surface area contributed by atoms with E-state index in [1.807, 2.05) is 0 Å². The number of aromatic nitrogens is 2. The van der Waals surface area contributed by atoms with Crippen LogP contribution < -0.4 is 10.6 Å². The lowest BCUT2D eigenvalue weighted by Gasteiger charge is -2.09. The highest BCUT2D eigenvalue weighted by atomic mass is 19.1. The van der Waals surface area contributed by atoms with Crippen molar-refractivity contribution in [3.05, 3.63) is 100 Å². The van der Waals surface area contributed by atoms with E-state index in [1.165, 1.54) is 65.7 Å². The van der Waals surface area contributed by atoms with Crippen LogP contribution in [0, 0.1) is 22.9 Å². The van der Waals surface area contributed by atoms with Crippen molar-refractivity contribution < 1.29 is 23.3 Å². The fourth-order valence-electron chi connectivity index (χ4n) is 3.02. The third kappa shape index (κ3) is 4.61. The number of benzene rings is 2. The molecule has 0 saturated carbocycles. The number of rotatable bonds is 6. The minimum atomic E-state index is -0.676. The number of amides is 2. The molecule has 11 heteroatoms. The summed E-state index contributed by atoms with van der Waals surface area (Å²) in [6.07, 6.45) is 2.88. The molecule has 0 saturated heterocycles. The number of nitro groups is 1. The highest BCUT2D eigenvalue weighted by Gasteiger charge is 2.16. The van der Waals surface area contributed by atoms with Crippen molar-refractivity contribution in [1.82, 2.24) is 9.78 Å². The van der Waals surface area contributed by atoms with Gasteiger partial charge in [-0.05, 0) is 49.4 Å². The Morgan fingerprint density at radius 2 is 1.82 bits per heavy atom. The van der Waals surface area contributed by atoms with Gasteiger partial charge in [0.15, 0.2) is 5.69 Å². The summed E-state index contributed by atoms with van der Waals surface area (Å²) in [6, 6.07) is 12.3. The first-order valence-electron chi connectivity index (χ1n) is 9.58. The molecule has 166 valence electrons. The van der Waals surface area contributed by atoms with Gasteiger partial charge in [0.05, 0.1) is 28.1 Å². The zero-order chi connectivity index (χ0) is 23.5. The normalized spacial score (nSPS) is 10.6. The zero-order valence-electron chi connectivity index (χ0n) is 17.1. The Kier molecular flexibility index (Phi) is 5.68. The second-order valence-electron chi connectivity index (χ2n) is 6.91. The van der Waals surface area contributed by atoms with Gasteiger partial charge < -0.3 is 15.1 Å². The van der Waals surface area contributed by atoms with Crippen LogP contribution >= 0.6 is 0 Å². The topological polar surface area (TPSA) is 132 Å². The van der Waals surface area contributed by atoms with E-state index in [0.29, 0.717) is 11.4 Å².